The van der Waals surface area contributed by atoms with E-state index in [4.69, 9.17) is 9.72 Å². The number of nitrogens with zero attached hydrogens (tertiary/aromatic N) is 1. The monoisotopic (exact) mass is 518 g/mol. The first-order valence-electron chi connectivity index (χ1n) is 13.4. The number of thiazole rings is 1. The third kappa shape index (κ3) is 7.07. The van der Waals surface area contributed by atoms with Crippen molar-refractivity contribution in [2.24, 2.45) is 11.3 Å². The number of carbonyl (C=O) groups is 2. The number of amides is 1. The molecule has 1 unspecified atom stereocenters. The van der Waals surface area contributed by atoms with E-state index in [9.17, 15) is 9.59 Å². The summed E-state index contributed by atoms with van der Waals surface area (Å²) in [6.45, 7) is 6.65. The predicted molar refractivity (Wildman–Crippen MR) is 150 cm³/mol. The number of hydrogen-bond donors (Lipinski definition) is 1. The molecule has 5 nitrogen and oxygen atoms in total. The molecule has 1 amide bonds. The Hall–Kier alpha value is -2.99. The summed E-state index contributed by atoms with van der Waals surface area (Å²) in [5.41, 5.74) is 4.14. The summed E-state index contributed by atoms with van der Waals surface area (Å²) in [5.74, 6) is -1.06. The second-order valence-electron chi connectivity index (χ2n) is 10.5. The van der Waals surface area contributed by atoms with Crippen molar-refractivity contribution < 1.29 is 14.3 Å². The number of nitrogens with one attached hydrogen (secondary N) is 1. The van der Waals surface area contributed by atoms with E-state index in [1.54, 1.807) is 0 Å². The standard InChI is InChI=1S/C31H38N2O3S/c1-4-5-10-26(28(34)29(35)32-23(3)24-11-7-6-8-12-24)19-31(17-9-18-31)21-36-30-33-27(20-37-30)25-15-13-22(2)14-16-25/h6-8,11-16,20,23,26H,4-5,9-10,17-19,21H2,1-3H3,(H,32,35)/t23-,26?/m0/s1. The van der Waals surface area contributed by atoms with Crippen LogP contribution in [0.4, 0.5) is 0 Å². The fourth-order valence-corrected chi connectivity index (χ4v) is 5.74. The molecule has 0 spiro atoms. The number of hydrogen-bond acceptors (Lipinski definition) is 5. The number of ether oxygens (including phenoxy) is 1. The average Bonchev–Trinajstić information content (AvgIpc) is 3.37. The lowest BCUT2D eigenvalue weighted by molar-refractivity contribution is -0.142. The molecule has 1 aromatic heterocycles. The normalized spacial score (nSPS) is 15.9. The van der Waals surface area contributed by atoms with Gasteiger partial charge < -0.3 is 10.1 Å². The number of rotatable bonds is 13. The molecule has 0 bridgehead atoms. The zero-order valence-corrected chi connectivity index (χ0v) is 23.0. The first kappa shape index (κ1) is 27.1. The van der Waals surface area contributed by atoms with Crippen molar-refractivity contribution in [1.82, 2.24) is 10.3 Å². The molecule has 6 heteroatoms. The first-order valence-corrected chi connectivity index (χ1v) is 14.3. The van der Waals surface area contributed by atoms with Crippen LogP contribution in [0.15, 0.2) is 60.0 Å². The van der Waals surface area contributed by atoms with Crippen LogP contribution >= 0.6 is 11.3 Å². The zero-order valence-electron chi connectivity index (χ0n) is 22.2. The largest absolute Gasteiger partial charge is 0.469 e. The Morgan fingerprint density at radius 1 is 1.11 bits per heavy atom. The highest BCUT2D eigenvalue weighted by Crippen LogP contribution is 2.47. The zero-order chi connectivity index (χ0) is 26.3. The van der Waals surface area contributed by atoms with Crippen molar-refractivity contribution in [1.29, 1.82) is 0 Å². The van der Waals surface area contributed by atoms with Gasteiger partial charge in [0.05, 0.1) is 18.3 Å². The van der Waals surface area contributed by atoms with Gasteiger partial charge in [0, 0.05) is 22.3 Å². The molecule has 3 aromatic rings. The van der Waals surface area contributed by atoms with E-state index in [2.05, 4.69) is 43.4 Å². The van der Waals surface area contributed by atoms with Crippen LogP contribution in [0.25, 0.3) is 11.3 Å². The Balaban J connectivity index is 1.38. The topological polar surface area (TPSA) is 68.3 Å². The van der Waals surface area contributed by atoms with Crippen molar-refractivity contribution in [3.8, 4) is 16.5 Å². The highest BCUT2D eigenvalue weighted by atomic mass is 32.1. The van der Waals surface area contributed by atoms with Gasteiger partial charge in [-0.3, -0.25) is 9.59 Å². The summed E-state index contributed by atoms with van der Waals surface area (Å²) < 4.78 is 6.20. The number of Topliss-reactive ketones (excluding diaryl/α,β-unsaturated/α-hetero) is 1. The van der Waals surface area contributed by atoms with Crippen molar-refractivity contribution >= 4 is 23.0 Å². The smallest absolute Gasteiger partial charge is 0.288 e. The van der Waals surface area contributed by atoms with E-state index < -0.39 is 5.91 Å². The molecular formula is C31H38N2O3S. The Morgan fingerprint density at radius 3 is 2.49 bits per heavy atom. The third-order valence-electron chi connectivity index (χ3n) is 7.57. The Labute approximate surface area is 224 Å². The summed E-state index contributed by atoms with van der Waals surface area (Å²) in [4.78, 5) is 31.0. The van der Waals surface area contributed by atoms with Crippen LogP contribution in [-0.2, 0) is 9.59 Å². The van der Waals surface area contributed by atoms with Gasteiger partial charge in [0.2, 0.25) is 5.78 Å². The lowest BCUT2D eigenvalue weighted by Gasteiger charge is -2.43. The maximum atomic E-state index is 13.3. The van der Waals surface area contributed by atoms with Crippen LogP contribution in [0.3, 0.4) is 0 Å². The van der Waals surface area contributed by atoms with Crippen molar-refractivity contribution in [2.75, 3.05) is 6.61 Å². The molecule has 0 aliphatic heterocycles. The lowest BCUT2D eigenvalue weighted by Crippen LogP contribution is -2.43. The number of aryl methyl sites for hydroxylation is 1. The number of ketones is 1. The molecule has 1 aliphatic carbocycles. The molecule has 1 heterocycles. The molecule has 0 radical (unpaired) electrons. The van der Waals surface area contributed by atoms with E-state index in [0.29, 0.717) is 18.2 Å². The molecule has 2 atom stereocenters. The van der Waals surface area contributed by atoms with Gasteiger partial charge in [0.15, 0.2) is 0 Å². The van der Waals surface area contributed by atoms with Crippen molar-refractivity contribution in [2.45, 2.75) is 71.8 Å². The molecule has 1 N–H and O–H groups in total. The Morgan fingerprint density at radius 2 is 1.84 bits per heavy atom. The molecule has 2 aromatic carbocycles. The van der Waals surface area contributed by atoms with E-state index in [1.807, 2.05) is 42.6 Å². The number of aromatic nitrogens is 1. The fourth-order valence-electron chi connectivity index (χ4n) is 5.06. The van der Waals surface area contributed by atoms with Crippen LogP contribution < -0.4 is 10.1 Å². The second kappa shape index (κ2) is 12.5. The molecule has 196 valence electrons. The van der Waals surface area contributed by atoms with Gasteiger partial charge in [0.25, 0.3) is 11.1 Å². The van der Waals surface area contributed by atoms with E-state index >= 15 is 0 Å². The third-order valence-corrected chi connectivity index (χ3v) is 8.33. The van der Waals surface area contributed by atoms with Gasteiger partial charge in [-0.05, 0) is 45.1 Å². The van der Waals surface area contributed by atoms with E-state index in [-0.39, 0.29) is 23.2 Å². The van der Waals surface area contributed by atoms with E-state index in [0.717, 1.165) is 55.3 Å². The second-order valence-corrected chi connectivity index (χ2v) is 11.3. The van der Waals surface area contributed by atoms with Crippen LogP contribution in [0.5, 0.6) is 5.19 Å². The lowest BCUT2D eigenvalue weighted by atomic mass is 9.63. The SMILES string of the molecule is CCCCC(CC1(COc2nc(-c3ccc(C)cc3)cs2)CCC1)C(=O)C(=O)N[C@@H](C)c1ccccc1. The minimum Gasteiger partial charge on any atom is -0.469 e. The molecule has 0 saturated heterocycles. The molecule has 4 rings (SSSR count). The van der Waals surface area contributed by atoms with Gasteiger partial charge in [-0.15, -0.1) is 0 Å². The molecule has 37 heavy (non-hydrogen) atoms. The summed E-state index contributed by atoms with van der Waals surface area (Å²) in [6.07, 6.45) is 6.51. The minimum atomic E-state index is -0.476. The Kier molecular flexibility index (Phi) is 9.14. The molecule has 1 fully saturated rings. The summed E-state index contributed by atoms with van der Waals surface area (Å²) in [6, 6.07) is 17.9. The number of benzene rings is 2. The molecule has 1 saturated carbocycles. The van der Waals surface area contributed by atoms with Crippen LogP contribution in [0.2, 0.25) is 0 Å². The summed E-state index contributed by atoms with van der Waals surface area (Å²) in [7, 11) is 0. The summed E-state index contributed by atoms with van der Waals surface area (Å²) >= 11 is 1.51. The van der Waals surface area contributed by atoms with Gasteiger partial charge in [-0.2, -0.15) is 0 Å². The number of carbonyl (C=O) groups excluding carboxylic acids is 2. The van der Waals surface area contributed by atoms with Crippen LogP contribution in [0.1, 0.15) is 76.0 Å². The van der Waals surface area contributed by atoms with Crippen molar-refractivity contribution in [3.63, 3.8) is 0 Å². The van der Waals surface area contributed by atoms with Gasteiger partial charge in [0.1, 0.15) is 0 Å². The van der Waals surface area contributed by atoms with Crippen LogP contribution in [0, 0.1) is 18.3 Å². The Bertz CT molecular complexity index is 1170. The fraction of sp³-hybridized carbons (Fsp3) is 0.452. The maximum Gasteiger partial charge on any atom is 0.288 e. The molecule has 1 aliphatic rings. The predicted octanol–water partition coefficient (Wildman–Crippen LogP) is 7.31. The quantitative estimate of drug-likeness (QED) is 0.241. The average molecular weight is 519 g/mol. The van der Waals surface area contributed by atoms with E-state index in [1.165, 1.54) is 16.9 Å². The highest BCUT2D eigenvalue weighted by molar-refractivity contribution is 7.11. The first-order chi connectivity index (χ1) is 17.9. The van der Waals surface area contributed by atoms with Gasteiger partial charge in [-0.25, -0.2) is 4.98 Å². The highest BCUT2D eigenvalue weighted by Gasteiger charge is 2.42. The van der Waals surface area contributed by atoms with Crippen LogP contribution in [-0.4, -0.2) is 23.3 Å². The van der Waals surface area contributed by atoms with Gasteiger partial charge >= 0.3 is 0 Å². The summed E-state index contributed by atoms with van der Waals surface area (Å²) in [5, 5.41) is 5.61. The number of unbranched alkanes of at least 4 members (excludes halogenated alkanes) is 1. The minimum absolute atomic E-state index is 0.0743. The van der Waals surface area contributed by atoms with Gasteiger partial charge in [-0.1, -0.05) is 97.7 Å². The molecular weight excluding hydrogens is 480 g/mol. The van der Waals surface area contributed by atoms with Crippen molar-refractivity contribution in [3.05, 3.63) is 71.1 Å². The maximum absolute atomic E-state index is 13.3.